The summed E-state index contributed by atoms with van der Waals surface area (Å²) in [6, 6.07) is 7.80. The van der Waals surface area contributed by atoms with E-state index in [9.17, 15) is 4.79 Å². The molecule has 0 heterocycles. The van der Waals surface area contributed by atoms with Gasteiger partial charge in [-0.15, -0.1) is 0 Å². The SMILES string of the molecule is CC(C)(C)OC(=O)COc1ccc(C(C)(C)C)cc1. The molecular formula is C16H24O3. The van der Waals surface area contributed by atoms with Crippen LogP contribution in [-0.4, -0.2) is 18.2 Å². The van der Waals surface area contributed by atoms with E-state index in [2.05, 4.69) is 20.8 Å². The summed E-state index contributed by atoms with van der Waals surface area (Å²) in [5.74, 6) is 0.325. The van der Waals surface area contributed by atoms with E-state index in [0.717, 1.165) is 0 Å². The third kappa shape index (κ3) is 5.77. The smallest absolute Gasteiger partial charge is 0.344 e. The number of hydrogen-bond donors (Lipinski definition) is 0. The second-order valence-electron chi connectivity index (χ2n) is 6.65. The quantitative estimate of drug-likeness (QED) is 0.781. The Bertz CT molecular complexity index is 419. The van der Waals surface area contributed by atoms with Crippen LogP contribution in [0.4, 0.5) is 0 Å². The first-order valence-corrected chi connectivity index (χ1v) is 6.53. The molecular weight excluding hydrogens is 240 g/mol. The molecule has 0 aliphatic rings. The summed E-state index contributed by atoms with van der Waals surface area (Å²) < 4.78 is 10.6. The highest BCUT2D eigenvalue weighted by atomic mass is 16.6. The molecule has 0 aromatic heterocycles. The van der Waals surface area contributed by atoms with Crippen LogP contribution in [0.3, 0.4) is 0 Å². The van der Waals surface area contributed by atoms with Crippen LogP contribution in [0.15, 0.2) is 24.3 Å². The van der Waals surface area contributed by atoms with Crippen LogP contribution in [0.5, 0.6) is 5.75 Å². The lowest BCUT2D eigenvalue weighted by atomic mass is 9.87. The van der Waals surface area contributed by atoms with E-state index in [4.69, 9.17) is 9.47 Å². The van der Waals surface area contributed by atoms with Crippen molar-refractivity contribution in [2.24, 2.45) is 0 Å². The van der Waals surface area contributed by atoms with Crippen LogP contribution in [-0.2, 0) is 14.9 Å². The number of carbonyl (C=O) groups excluding carboxylic acids is 1. The fourth-order valence-corrected chi connectivity index (χ4v) is 1.56. The molecule has 19 heavy (non-hydrogen) atoms. The van der Waals surface area contributed by atoms with Crippen molar-refractivity contribution in [3.05, 3.63) is 29.8 Å². The summed E-state index contributed by atoms with van der Waals surface area (Å²) in [6.45, 7) is 11.9. The molecule has 106 valence electrons. The molecule has 3 nitrogen and oxygen atoms in total. The van der Waals surface area contributed by atoms with Crippen molar-refractivity contribution in [1.29, 1.82) is 0 Å². The second-order valence-corrected chi connectivity index (χ2v) is 6.65. The predicted octanol–water partition coefficient (Wildman–Crippen LogP) is 3.70. The molecule has 1 aromatic rings. The average molecular weight is 264 g/mol. The van der Waals surface area contributed by atoms with Gasteiger partial charge in [0.2, 0.25) is 0 Å². The first-order chi connectivity index (χ1) is 8.58. The summed E-state index contributed by atoms with van der Waals surface area (Å²) >= 11 is 0. The Kier molecular flexibility index (Phi) is 4.61. The Morgan fingerprint density at radius 2 is 1.53 bits per heavy atom. The number of hydrogen-bond acceptors (Lipinski definition) is 3. The topological polar surface area (TPSA) is 35.5 Å². The lowest BCUT2D eigenvalue weighted by molar-refractivity contribution is -0.157. The number of rotatable bonds is 3. The van der Waals surface area contributed by atoms with Crippen molar-refractivity contribution in [2.75, 3.05) is 6.61 Å². The van der Waals surface area contributed by atoms with Gasteiger partial charge in [0.15, 0.2) is 6.61 Å². The molecule has 0 saturated heterocycles. The molecule has 0 unspecified atom stereocenters. The highest BCUT2D eigenvalue weighted by Gasteiger charge is 2.17. The molecule has 0 atom stereocenters. The van der Waals surface area contributed by atoms with Crippen molar-refractivity contribution in [1.82, 2.24) is 0 Å². The van der Waals surface area contributed by atoms with Gasteiger partial charge in [0.25, 0.3) is 0 Å². The van der Waals surface area contributed by atoms with E-state index in [0.29, 0.717) is 5.75 Å². The Morgan fingerprint density at radius 1 is 1.00 bits per heavy atom. The third-order valence-electron chi connectivity index (χ3n) is 2.50. The number of carbonyl (C=O) groups is 1. The van der Waals surface area contributed by atoms with Crippen LogP contribution in [0, 0.1) is 0 Å². The molecule has 1 rings (SSSR count). The van der Waals surface area contributed by atoms with Gasteiger partial charge in [-0.1, -0.05) is 32.9 Å². The summed E-state index contributed by atoms with van der Waals surface area (Å²) in [5, 5.41) is 0. The molecule has 0 fully saturated rings. The van der Waals surface area contributed by atoms with Gasteiger partial charge in [-0.2, -0.15) is 0 Å². The monoisotopic (exact) mass is 264 g/mol. The Balaban J connectivity index is 2.53. The van der Waals surface area contributed by atoms with E-state index in [1.807, 2.05) is 45.0 Å². The van der Waals surface area contributed by atoms with Gasteiger partial charge >= 0.3 is 5.97 Å². The fraction of sp³-hybridized carbons (Fsp3) is 0.562. The first kappa shape index (κ1) is 15.5. The zero-order chi connectivity index (χ0) is 14.7. The molecule has 0 spiro atoms. The van der Waals surface area contributed by atoms with Crippen molar-refractivity contribution in [2.45, 2.75) is 52.6 Å². The van der Waals surface area contributed by atoms with Gasteiger partial charge in [-0.3, -0.25) is 0 Å². The van der Waals surface area contributed by atoms with Crippen molar-refractivity contribution < 1.29 is 14.3 Å². The van der Waals surface area contributed by atoms with Gasteiger partial charge in [0, 0.05) is 0 Å². The minimum atomic E-state index is -0.476. The van der Waals surface area contributed by atoms with Crippen LogP contribution in [0.2, 0.25) is 0 Å². The van der Waals surface area contributed by atoms with Gasteiger partial charge in [-0.25, -0.2) is 4.79 Å². The molecule has 1 aromatic carbocycles. The summed E-state index contributed by atoms with van der Waals surface area (Å²) in [7, 11) is 0. The molecule has 0 N–H and O–H groups in total. The normalized spacial score (nSPS) is 12.1. The molecule has 0 bridgehead atoms. The maximum absolute atomic E-state index is 11.5. The minimum Gasteiger partial charge on any atom is -0.482 e. The van der Waals surface area contributed by atoms with E-state index in [1.165, 1.54) is 5.56 Å². The van der Waals surface area contributed by atoms with Crippen molar-refractivity contribution >= 4 is 5.97 Å². The molecule has 0 saturated carbocycles. The second kappa shape index (κ2) is 5.64. The zero-order valence-electron chi connectivity index (χ0n) is 12.7. The van der Waals surface area contributed by atoms with E-state index < -0.39 is 5.60 Å². The van der Waals surface area contributed by atoms with Crippen molar-refractivity contribution in [3.8, 4) is 5.75 Å². The van der Waals surface area contributed by atoms with Crippen LogP contribution in [0.1, 0.15) is 47.1 Å². The van der Waals surface area contributed by atoms with E-state index >= 15 is 0 Å². The van der Waals surface area contributed by atoms with E-state index in [1.54, 1.807) is 0 Å². The van der Waals surface area contributed by atoms with Crippen molar-refractivity contribution in [3.63, 3.8) is 0 Å². The third-order valence-corrected chi connectivity index (χ3v) is 2.50. The standard InChI is InChI=1S/C16H24O3/c1-15(2,3)12-7-9-13(10-8-12)18-11-14(17)19-16(4,5)6/h7-10H,11H2,1-6H3. The molecule has 3 heteroatoms. The maximum atomic E-state index is 11.5. The first-order valence-electron chi connectivity index (χ1n) is 6.53. The lowest BCUT2D eigenvalue weighted by Crippen LogP contribution is -2.27. The number of esters is 1. The number of benzene rings is 1. The predicted molar refractivity (Wildman–Crippen MR) is 76.5 cm³/mol. The van der Waals surface area contributed by atoms with Gasteiger partial charge in [-0.05, 0) is 43.9 Å². The summed E-state index contributed by atoms with van der Waals surface area (Å²) in [4.78, 5) is 11.5. The van der Waals surface area contributed by atoms with Crippen LogP contribution >= 0.6 is 0 Å². The Morgan fingerprint density at radius 3 is 1.95 bits per heavy atom. The molecule has 0 aliphatic carbocycles. The molecule has 0 aliphatic heterocycles. The van der Waals surface area contributed by atoms with Gasteiger partial charge in [0.1, 0.15) is 11.4 Å². The van der Waals surface area contributed by atoms with E-state index in [-0.39, 0.29) is 18.0 Å². The van der Waals surface area contributed by atoms with Gasteiger partial charge in [0.05, 0.1) is 0 Å². The highest BCUT2D eigenvalue weighted by Crippen LogP contribution is 2.24. The number of ether oxygens (including phenoxy) is 2. The Labute approximate surface area is 115 Å². The minimum absolute atomic E-state index is 0.0634. The molecule has 0 radical (unpaired) electrons. The van der Waals surface area contributed by atoms with Crippen LogP contribution < -0.4 is 4.74 Å². The maximum Gasteiger partial charge on any atom is 0.344 e. The average Bonchev–Trinajstić information content (AvgIpc) is 2.23. The fourth-order valence-electron chi connectivity index (χ4n) is 1.56. The van der Waals surface area contributed by atoms with Gasteiger partial charge < -0.3 is 9.47 Å². The summed E-state index contributed by atoms with van der Waals surface area (Å²) in [6.07, 6.45) is 0. The largest absolute Gasteiger partial charge is 0.482 e. The zero-order valence-corrected chi connectivity index (χ0v) is 12.7. The highest BCUT2D eigenvalue weighted by molar-refractivity contribution is 5.71. The molecule has 0 amide bonds. The Hall–Kier alpha value is -1.51. The van der Waals surface area contributed by atoms with Crippen LogP contribution in [0.25, 0.3) is 0 Å². The lowest BCUT2D eigenvalue weighted by Gasteiger charge is -2.20. The summed E-state index contributed by atoms with van der Waals surface area (Å²) in [5.41, 5.74) is 0.873.